The lowest BCUT2D eigenvalue weighted by Gasteiger charge is -1.96. The smallest absolute Gasteiger partial charge is 0.221 e. The minimum Gasteiger partial charge on any atom is -0.343 e. The Morgan fingerprint density at radius 1 is 1.70 bits per heavy atom. The van der Waals surface area contributed by atoms with Crippen LogP contribution in [0.25, 0.3) is 0 Å². The second kappa shape index (κ2) is 3.21. The van der Waals surface area contributed by atoms with Crippen molar-refractivity contribution in [1.82, 2.24) is 5.32 Å². The minimum atomic E-state index is 0.0176. The molecule has 1 aliphatic rings. The third-order valence-electron chi connectivity index (χ3n) is 1.54. The Balaban J connectivity index is 2.03. The summed E-state index contributed by atoms with van der Waals surface area (Å²) < 4.78 is 0. The quantitative estimate of drug-likeness (QED) is 0.575. The van der Waals surface area contributed by atoms with Crippen LogP contribution in [-0.4, -0.2) is 12.5 Å². The van der Waals surface area contributed by atoms with Crippen LogP contribution in [0.4, 0.5) is 0 Å². The Morgan fingerprint density at radius 3 is 2.90 bits per heavy atom. The highest BCUT2D eigenvalue weighted by Crippen LogP contribution is 2.31. The lowest BCUT2D eigenvalue weighted by molar-refractivity contribution is -0.121. The first-order chi connectivity index (χ1) is 4.83. The molecule has 54 valence electrons. The van der Waals surface area contributed by atoms with Crippen molar-refractivity contribution in [3.63, 3.8) is 0 Å². The van der Waals surface area contributed by atoms with E-state index in [4.69, 9.17) is 5.26 Å². The minimum absolute atomic E-state index is 0.0176. The van der Waals surface area contributed by atoms with Gasteiger partial charge < -0.3 is 5.32 Å². The molecule has 1 amide bonds. The van der Waals surface area contributed by atoms with Gasteiger partial charge in [0.05, 0.1) is 6.07 Å². The highest BCUT2D eigenvalue weighted by molar-refractivity contribution is 5.76. The highest BCUT2D eigenvalue weighted by Gasteiger charge is 2.23. The Kier molecular flexibility index (Phi) is 2.27. The zero-order chi connectivity index (χ0) is 7.40. The van der Waals surface area contributed by atoms with Crippen molar-refractivity contribution in [2.24, 2.45) is 5.92 Å². The first-order valence-corrected chi connectivity index (χ1v) is 3.46. The monoisotopic (exact) mass is 138 g/mol. The molecule has 1 N–H and O–H groups in total. The van der Waals surface area contributed by atoms with Crippen molar-refractivity contribution in [2.45, 2.75) is 19.3 Å². The fourth-order valence-corrected chi connectivity index (χ4v) is 0.794. The van der Waals surface area contributed by atoms with Gasteiger partial charge in [-0.3, -0.25) is 4.79 Å². The number of nitrogens with zero attached hydrogens (tertiary/aromatic N) is 1. The van der Waals surface area contributed by atoms with Crippen molar-refractivity contribution in [1.29, 1.82) is 5.26 Å². The Morgan fingerprint density at radius 2 is 2.40 bits per heavy atom. The number of nitrogens with one attached hydrogen (secondary N) is 1. The van der Waals surface area contributed by atoms with E-state index in [0.29, 0.717) is 12.3 Å². The van der Waals surface area contributed by atoms with Crippen LogP contribution >= 0.6 is 0 Å². The number of rotatable bonds is 3. The predicted molar refractivity (Wildman–Crippen MR) is 36.0 cm³/mol. The Labute approximate surface area is 60.0 Å². The highest BCUT2D eigenvalue weighted by atomic mass is 16.1. The summed E-state index contributed by atoms with van der Waals surface area (Å²) in [5.74, 6) is 0.628. The average molecular weight is 138 g/mol. The molecule has 0 radical (unpaired) electrons. The maximum absolute atomic E-state index is 10.8. The van der Waals surface area contributed by atoms with Crippen LogP contribution in [-0.2, 0) is 4.79 Å². The maximum Gasteiger partial charge on any atom is 0.221 e. The lowest BCUT2D eigenvalue weighted by atomic mass is 10.3. The van der Waals surface area contributed by atoms with Crippen molar-refractivity contribution in [3.8, 4) is 6.07 Å². The van der Waals surface area contributed by atoms with Crippen LogP contribution in [0.5, 0.6) is 0 Å². The maximum atomic E-state index is 10.8. The molecule has 0 aliphatic heterocycles. The standard InChI is InChI=1S/C7H10N2O/c8-3-4-9-7(10)5-6-1-2-6/h6H,1-2,4-5H2,(H,9,10). The molecule has 0 unspecified atom stereocenters. The van der Waals surface area contributed by atoms with Gasteiger partial charge in [0.25, 0.3) is 0 Å². The molecular formula is C7H10N2O. The molecule has 1 aliphatic carbocycles. The van der Waals surface area contributed by atoms with E-state index >= 15 is 0 Å². The fourth-order valence-electron chi connectivity index (χ4n) is 0.794. The fraction of sp³-hybridized carbons (Fsp3) is 0.714. The Bertz CT molecular complexity index is 167. The van der Waals surface area contributed by atoms with Crippen LogP contribution < -0.4 is 5.32 Å². The van der Waals surface area contributed by atoms with Crippen molar-refractivity contribution >= 4 is 5.91 Å². The molecule has 1 saturated carbocycles. The second-order valence-corrected chi connectivity index (χ2v) is 2.58. The molecule has 0 saturated heterocycles. The van der Waals surface area contributed by atoms with Gasteiger partial charge >= 0.3 is 0 Å². The average Bonchev–Trinajstić information content (AvgIpc) is 2.67. The van der Waals surface area contributed by atoms with E-state index in [9.17, 15) is 4.79 Å². The van der Waals surface area contributed by atoms with Gasteiger partial charge in [0.1, 0.15) is 6.54 Å². The van der Waals surface area contributed by atoms with Crippen LogP contribution in [0.2, 0.25) is 0 Å². The van der Waals surface area contributed by atoms with Gasteiger partial charge in [0, 0.05) is 6.42 Å². The normalized spacial score (nSPS) is 15.9. The topological polar surface area (TPSA) is 52.9 Å². The third-order valence-corrected chi connectivity index (χ3v) is 1.54. The summed E-state index contributed by atoms with van der Waals surface area (Å²) >= 11 is 0. The number of nitriles is 1. The number of carbonyl (C=O) groups excluding carboxylic acids is 1. The summed E-state index contributed by atoms with van der Waals surface area (Å²) in [6, 6.07) is 1.86. The largest absolute Gasteiger partial charge is 0.343 e. The van der Waals surface area contributed by atoms with Crippen molar-refractivity contribution in [2.75, 3.05) is 6.54 Å². The number of carbonyl (C=O) groups is 1. The molecule has 1 fully saturated rings. The van der Waals surface area contributed by atoms with E-state index in [1.54, 1.807) is 0 Å². The SMILES string of the molecule is N#CCNC(=O)CC1CC1. The second-order valence-electron chi connectivity index (χ2n) is 2.58. The summed E-state index contributed by atoms with van der Waals surface area (Å²) in [5.41, 5.74) is 0. The molecule has 1 rings (SSSR count). The molecule has 0 spiro atoms. The van der Waals surface area contributed by atoms with Gasteiger partial charge in [-0.15, -0.1) is 0 Å². The molecule has 3 heteroatoms. The first-order valence-electron chi connectivity index (χ1n) is 3.46. The summed E-state index contributed by atoms with van der Waals surface area (Å²) in [6.45, 7) is 0.144. The number of amides is 1. The van der Waals surface area contributed by atoms with E-state index in [2.05, 4.69) is 5.32 Å². The third kappa shape index (κ3) is 2.49. The zero-order valence-electron chi connectivity index (χ0n) is 5.76. The molecule has 0 aromatic rings. The van der Waals surface area contributed by atoms with Gasteiger partial charge in [-0.2, -0.15) is 5.26 Å². The van der Waals surface area contributed by atoms with E-state index in [0.717, 1.165) is 0 Å². The number of hydrogen-bond acceptors (Lipinski definition) is 2. The van der Waals surface area contributed by atoms with E-state index in [1.807, 2.05) is 6.07 Å². The van der Waals surface area contributed by atoms with Crippen LogP contribution in [0.1, 0.15) is 19.3 Å². The van der Waals surface area contributed by atoms with Crippen molar-refractivity contribution < 1.29 is 4.79 Å². The van der Waals surface area contributed by atoms with Gasteiger partial charge in [0.2, 0.25) is 5.91 Å². The van der Waals surface area contributed by atoms with Gasteiger partial charge in [-0.1, -0.05) is 0 Å². The molecule has 0 bridgehead atoms. The van der Waals surface area contributed by atoms with Crippen LogP contribution in [0, 0.1) is 17.2 Å². The molecule has 3 nitrogen and oxygen atoms in total. The van der Waals surface area contributed by atoms with Crippen LogP contribution in [0.15, 0.2) is 0 Å². The van der Waals surface area contributed by atoms with E-state index in [-0.39, 0.29) is 12.5 Å². The van der Waals surface area contributed by atoms with Gasteiger partial charge in [-0.25, -0.2) is 0 Å². The summed E-state index contributed by atoms with van der Waals surface area (Å²) in [5, 5.41) is 10.6. The van der Waals surface area contributed by atoms with Crippen molar-refractivity contribution in [3.05, 3.63) is 0 Å². The summed E-state index contributed by atoms with van der Waals surface area (Å²) in [6.07, 6.45) is 2.97. The molecule has 0 heterocycles. The molecule has 0 atom stereocenters. The first kappa shape index (κ1) is 7.07. The lowest BCUT2D eigenvalue weighted by Crippen LogP contribution is -2.23. The van der Waals surface area contributed by atoms with Crippen LogP contribution in [0.3, 0.4) is 0 Å². The zero-order valence-corrected chi connectivity index (χ0v) is 5.76. The van der Waals surface area contributed by atoms with Gasteiger partial charge in [-0.05, 0) is 18.8 Å². The Hall–Kier alpha value is -1.04. The molecular weight excluding hydrogens is 128 g/mol. The number of hydrogen-bond donors (Lipinski definition) is 1. The van der Waals surface area contributed by atoms with Gasteiger partial charge in [0.15, 0.2) is 0 Å². The molecule has 10 heavy (non-hydrogen) atoms. The summed E-state index contributed by atoms with van der Waals surface area (Å²) in [4.78, 5) is 10.8. The predicted octanol–water partition coefficient (Wildman–Crippen LogP) is 0.426. The summed E-state index contributed by atoms with van der Waals surface area (Å²) in [7, 11) is 0. The van der Waals surface area contributed by atoms with E-state index < -0.39 is 0 Å². The van der Waals surface area contributed by atoms with E-state index in [1.165, 1.54) is 12.8 Å². The molecule has 0 aromatic heterocycles. The molecule has 0 aromatic carbocycles.